The molecule has 1 aromatic rings. The summed E-state index contributed by atoms with van der Waals surface area (Å²) in [6.45, 7) is 1.09. The molecule has 0 atom stereocenters. The molecule has 114 valence electrons. The number of hydrogen-bond acceptors (Lipinski definition) is 4. The van der Waals surface area contributed by atoms with E-state index in [2.05, 4.69) is 5.32 Å². The predicted molar refractivity (Wildman–Crippen MR) is 82.2 cm³/mol. The van der Waals surface area contributed by atoms with E-state index in [-0.39, 0.29) is 0 Å². The molecule has 0 aromatic heterocycles. The van der Waals surface area contributed by atoms with Gasteiger partial charge in [-0.05, 0) is 32.9 Å². The van der Waals surface area contributed by atoms with Crippen molar-refractivity contribution in [3.05, 3.63) is 17.7 Å². The summed E-state index contributed by atoms with van der Waals surface area (Å²) in [6.07, 6.45) is 5.81. The molecule has 1 rings (SSSR count). The van der Waals surface area contributed by atoms with Gasteiger partial charge < -0.3 is 19.5 Å². The van der Waals surface area contributed by atoms with E-state index in [0.29, 0.717) is 0 Å². The van der Waals surface area contributed by atoms with Crippen molar-refractivity contribution in [2.24, 2.45) is 0 Å². The Morgan fingerprint density at radius 1 is 0.850 bits per heavy atom. The molecule has 0 amide bonds. The molecule has 0 aliphatic rings. The number of methoxy groups -OCH3 is 3. The predicted octanol–water partition coefficient (Wildman–Crippen LogP) is 3.03. The number of unbranched alkanes of at least 4 members (excludes halogenated alkanes) is 3. The van der Waals surface area contributed by atoms with E-state index in [9.17, 15) is 0 Å². The summed E-state index contributed by atoms with van der Waals surface area (Å²) in [6, 6.07) is 3.83. The van der Waals surface area contributed by atoms with Gasteiger partial charge in [-0.2, -0.15) is 0 Å². The molecular formula is C16H27NO3. The van der Waals surface area contributed by atoms with Crippen LogP contribution in [-0.4, -0.2) is 34.9 Å². The molecule has 1 N–H and O–H groups in total. The van der Waals surface area contributed by atoms with Gasteiger partial charge in [0.25, 0.3) is 0 Å². The van der Waals surface area contributed by atoms with Crippen LogP contribution in [0.4, 0.5) is 0 Å². The monoisotopic (exact) mass is 281 g/mol. The van der Waals surface area contributed by atoms with Crippen LogP contribution in [0, 0.1) is 0 Å². The van der Waals surface area contributed by atoms with E-state index in [0.717, 1.165) is 42.2 Å². The molecule has 20 heavy (non-hydrogen) atoms. The zero-order chi connectivity index (χ0) is 14.8. The highest BCUT2D eigenvalue weighted by atomic mass is 16.5. The highest BCUT2D eigenvalue weighted by molar-refractivity contribution is 5.50. The van der Waals surface area contributed by atoms with Crippen LogP contribution >= 0.6 is 0 Å². The minimum atomic E-state index is 0.761. The van der Waals surface area contributed by atoms with Crippen molar-refractivity contribution < 1.29 is 14.2 Å². The largest absolute Gasteiger partial charge is 0.496 e. The average molecular weight is 281 g/mol. The van der Waals surface area contributed by atoms with Crippen LogP contribution in [0.3, 0.4) is 0 Å². The molecule has 0 heterocycles. The van der Waals surface area contributed by atoms with E-state index >= 15 is 0 Å². The van der Waals surface area contributed by atoms with Crippen LogP contribution in [0.1, 0.15) is 31.2 Å². The first-order valence-electron chi connectivity index (χ1n) is 7.20. The maximum Gasteiger partial charge on any atom is 0.129 e. The molecule has 0 radical (unpaired) electrons. The maximum absolute atomic E-state index is 5.46. The molecule has 4 nitrogen and oxygen atoms in total. The van der Waals surface area contributed by atoms with Gasteiger partial charge in [-0.15, -0.1) is 0 Å². The van der Waals surface area contributed by atoms with Crippen molar-refractivity contribution in [3.8, 4) is 17.2 Å². The van der Waals surface area contributed by atoms with E-state index in [4.69, 9.17) is 14.2 Å². The smallest absolute Gasteiger partial charge is 0.129 e. The summed E-state index contributed by atoms with van der Waals surface area (Å²) in [5.41, 5.74) is 1.13. The van der Waals surface area contributed by atoms with E-state index in [1.165, 1.54) is 19.3 Å². The van der Waals surface area contributed by atoms with Crippen molar-refractivity contribution >= 4 is 0 Å². The Kier molecular flexibility index (Phi) is 7.88. The first kappa shape index (κ1) is 16.6. The van der Waals surface area contributed by atoms with Crippen LogP contribution in [0.15, 0.2) is 12.1 Å². The fraction of sp³-hybridized carbons (Fsp3) is 0.625. The Labute approximate surface area is 122 Å². The number of ether oxygens (including phenoxy) is 3. The number of nitrogens with one attached hydrogen (secondary N) is 1. The molecule has 1 aromatic carbocycles. The third-order valence-corrected chi connectivity index (χ3v) is 3.42. The Balaban J connectivity index is 2.63. The third kappa shape index (κ3) is 4.93. The van der Waals surface area contributed by atoms with Gasteiger partial charge in [-0.1, -0.05) is 12.8 Å². The lowest BCUT2D eigenvalue weighted by atomic mass is 10.0. The van der Waals surface area contributed by atoms with Crippen molar-refractivity contribution in [2.45, 2.75) is 32.1 Å². The second-order valence-electron chi connectivity index (χ2n) is 4.78. The van der Waals surface area contributed by atoms with Crippen molar-refractivity contribution in [1.29, 1.82) is 0 Å². The molecule has 0 spiro atoms. The standard InChI is InChI=1S/C16H27NO3/c1-17-10-8-6-5-7-9-14-15(19-3)11-13(18-2)12-16(14)20-4/h11-12,17H,5-10H2,1-4H3. The van der Waals surface area contributed by atoms with Crippen LogP contribution in [0.2, 0.25) is 0 Å². The Hall–Kier alpha value is -1.42. The lowest BCUT2D eigenvalue weighted by molar-refractivity contribution is 0.367. The molecule has 0 fully saturated rings. The topological polar surface area (TPSA) is 39.7 Å². The number of rotatable bonds is 10. The zero-order valence-corrected chi connectivity index (χ0v) is 13.1. The van der Waals surface area contributed by atoms with Gasteiger partial charge in [0.15, 0.2) is 0 Å². The SMILES string of the molecule is CNCCCCCCc1c(OC)cc(OC)cc1OC. The Morgan fingerprint density at radius 3 is 1.95 bits per heavy atom. The van der Waals surface area contributed by atoms with Crippen LogP contribution in [-0.2, 0) is 6.42 Å². The zero-order valence-electron chi connectivity index (χ0n) is 13.1. The molecule has 0 saturated heterocycles. The Bertz CT molecular complexity index is 368. The molecule has 0 aliphatic heterocycles. The minimum absolute atomic E-state index is 0.761. The third-order valence-electron chi connectivity index (χ3n) is 3.42. The van der Waals surface area contributed by atoms with Gasteiger partial charge in [-0.25, -0.2) is 0 Å². The molecule has 0 bridgehead atoms. The molecular weight excluding hydrogens is 254 g/mol. The highest BCUT2D eigenvalue weighted by Crippen LogP contribution is 2.35. The van der Waals surface area contributed by atoms with Gasteiger partial charge in [0, 0.05) is 17.7 Å². The molecule has 0 saturated carbocycles. The second kappa shape index (κ2) is 9.48. The van der Waals surface area contributed by atoms with E-state index in [1.807, 2.05) is 19.2 Å². The summed E-state index contributed by atoms with van der Waals surface area (Å²) in [4.78, 5) is 0. The van der Waals surface area contributed by atoms with Crippen molar-refractivity contribution in [3.63, 3.8) is 0 Å². The quantitative estimate of drug-likeness (QED) is 0.669. The summed E-state index contributed by atoms with van der Waals surface area (Å²) in [5.74, 6) is 2.45. The normalized spacial score (nSPS) is 10.4. The first-order valence-corrected chi connectivity index (χ1v) is 7.20. The average Bonchev–Trinajstić information content (AvgIpc) is 2.50. The maximum atomic E-state index is 5.46. The summed E-state index contributed by atoms with van der Waals surface area (Å²) in [7, 11) is 7.01. The highest BCUT2D eigenvalue weighted by Gasteiger charge is 2.12. The van der Waals surface area contributed by atoms with Crippen LogP contribution in [0.25, 0.3) is 0 Å². The molecule has 4 heteroatoms. The lowest BCUT2D eigenvalue weighted by Crippen LogP contribution is -2.07. The van der Waals surface area contributed by atoms with Gasteiger partial charge >= 0.3 is 0 Å². The van der Waals surface area contributed by atoms with E-state index < -0.39 is 0 Å². The number of hydrogen-bond donors (Lipinski definition) is 1. The van der Waals surface area contributed by atoms with Crippen LogP contribution in [0.5, 0.6) is 17.2 Å². The first-order chi connectivity index (χ1) is 9.76. The van der Waals surface area contributed by atoms with Gasteiger partial charge in [-0.3, -0.25) is 0 Å². The fourth-order valence-electron chi connectivity index (χ4n) is 2.28. The van der Waals surface area contributed by atoms with Gasteiger partial charge in [0.1, 0.15) is 17.2 Å². The summed E-state index contributed by atoms with van der Waals surface area (Å²) in [5, 5.41) is 3.17. The van der Waals surface area contributed by atoms with Gasteiger partial charge in [0.2, 0.25) is 0 Å². The second-order valence-corrected chi connectivity index (χ2v) is 4.78. The van der Waals surface area contributed by atoms with E-state index in [1.54, 1.807) is 21.3 Å². The van der Waals surface area contributed by atoms with Crippen LogP contribution < -0.4 is 19.5 Å². The summed E-state index contributed by atoms with van der Waals surface area (Å²) < 4.78 is 16.2. The molecule has 0 unspecified atom stereocenters. The number of benzene rings is 1. The summed E-state index contributed by atoms with van der Waals surface area (Å²) >= 11 is 0. The molecule has 0 aliphatic carbocycles. The van der Waals surface area contributed by atoms with Crippen molar-refractivity contribution in [2.75, 3.05) is 34.9 Å². The minimum Gasteiger partial charge on any atom is -0.496 e. The Morgan fingerprint density at radius 2 is 1.45 bits per heavy atom. The van der Waals surface area contributed by atoms with Gasteiger partial charge in [0.05, 0.1) is 21.3 Å². The van der Waals surface area contributed by atoms with Crippen molar-refractivity contribution in [1.82, 2.24) is 5.32 Å². The fourth-order valence-corrected chi connectivity index (χ4v) is 2.28. The lowest BCUT2D eigenvalue weighted by Gasteiger charge is -2.15.